The van der Waals surface area contributed by atoms with Crippen LogP contribution in [0.25, 0.3) is 0 Å². The van der Waals surface area contributed by atoms with Crippen LogP contribution in [0.3, 0.4) is 0 Å². The number of benzene rings is 1. The van der Waals surface area contributed by atoms with Gasteiger partial charge in [-0.1, -0.05) is 0 Å². The van der Waals surface area contributed by atoms with Crippen molar-refractivity contribution >= 4 is 42.1 Å². The molecule has 0 fully saturated rings. The van der Waals surface area contributed by atoms with Gasteiger partial charge in [-0.25, -0.2) is 0 Å². The highest BCUT2D eigenvalue weighted by molar-refractivity contribution is 5.85. The summed E-state index contributed by atoms with van der Waals surface area (Å²) in [5.41, 5.74) is 19.8. The van der Waals surface area contributed by atoms with Crippen LogP contribution >= 0.6 is 24.8 Å². The third-order valence-electron chi connectivity index (χ3n) is 1.22. The maximum atomic E-state index is 5.47. The van der Waals surface area contributed by atoms with Gasteiger partial charge < -0.3 is 17.2 Å². The zero-order chi connectivity index (χ0) is 8.97. The smallest absolute Gasteiger partial charge is 0.208 e. The molecule has 0 heterocycles. The average molecular weight is 238 g/mol. The molecule has 7 N–H and O–H groups in total. The Labute approximate surface area is 94.5 Å². The van der Waals surface area contributed by atoms with Crippen LogP contribution in [-0.4, -0.2) is 5.96 Å². The van der Waals surface area contributed by atoms with Gasteiger partial charge in [0.2, 0.25) is 5.96 Å². The second-order valence-electron chi connectivity index (χ2n) is 2.27. The Kier molecular flexibility index (Phi) is 7.70. The number of hydrazone groups is 1. The van der Waals surface area contributed by atoms with Crippen LogP contribution in [0.1, 0.15) is 0 Å². The Morgan fingerprint density at radius 3 is 2.00 bits per heavy atom. The molecule has 0 spiro atoms. The Bertz CT molecular complexity index is 281. The van der Waals surface area contributed by atoms with Crippen LogP contribution < -0.4 is 22.6 Å². The molecule has 0 bridgehead atoms. The molecular formula is C7H13Cl2N5. The first-order valence-corrected chi connectivity index (χ1v) is 3.38. The van der Waals surface area contributed by atoms with Gasteiger partial charge >= 0.3 is 0 Å². The van der Waals surface area contributed by atoms with Crippen molar-refractivity contribution in [3.05, 3.63) is 24.3 Å². The molecule has 0 aliphatic carbocycles. The number of nitrogens with two attached hydrogens (primary N) is 3. The molecule has 0 aliphatic rings. The maximum Gasteiger partial charge on any atom is 0.208 e. The first-order chi connectivity index (χ1) is 5.68. The van der Waals surface area contributed by atoms with E-state index in [0.29, 0.717) is 5.69 Å². The average Bonchev–Trinajstić information content (AvgIpc) is 2.03. The normalized spacial score (nSPS) is 7.71. The lowest BCUT2D eigenvalue weighted by molar-refractivity contribution is 1.29. The fourth-order valence-corrected chi connectivity index (χ4v) is 0.687. The largest absolute Gasteiger partial charge is 0.399 e. The molecule has 80 valence electrons. The fourth-order valence-electron chi connectivity index (χ4n) is 0.687. The Hall–Kier alpha value is -1.33. The number of nitrogens with one attached hydrogen (secondary N) is 1. The first-order valence-electron chi connectivity index (χ1n) is 3.38. The Balaban J connectivity index is 0. The maximum absolute atomic E-state index is 5.47. The van der Waals surface area contributed by atoms with E-state index in [-0.39, 0.29) is 30.8 Å². The molecule has 0 unspecified atom stereocenters. The zero-order valence-electron chi connectivity index (χ0n) is 7.31. The number of anilines is 2. The predicted molar refractivity (Wildman–Crippen MR) is 64.8 cm³/mol. The van der Waals surface area contributed by atoms with E-state index in [1.807, 2.05) is 0 Å². The summed E-state index contributed by atoms with van der Waals surface area (Å²) in [6.07, 6.45) is 0. The van der Waals surface area contributed by atoms with Gasteiger partial charge in [0.25, 0.3) is 0 Å². The lowest BCUT2D eigenvalue weighted by Gasteiger charge is -1.99. The fraction of sp³-hybridized carbons (Fsp3) is 0. The van der Waals surface area contributed by atoms with E-state index in [9.17, 15) is 0 Å². The standard InChI is InChI=1S/C7H11N5.2ClH/c8-5-1-3-6(4-2-5)11-12-7(9)10;;/h1-4,11H,8H2,(H4,9,10,12);2*1H. The summed E-state index contributed by atoms with van der Waals surface area (Å²) in [7, 11) is 0. The molecule has 0 radical (unpaired) electrons. The molecule has 0 saturated carbocycles. The second kappa shape index (κ2) is 7.11. The summed E-state index contributed by atoms with van der Waals surface area (Å²) in [5, 5.41) is 3.61. The van der Waals surface area contributed by atoms with Gasteiger partial charge in [-0.3, -0.25) is 5.43 Å². The van der Waals surface area contributed by atoms with Crippen LogP contribution in [0, 0.1) is 0 Å². The third kappa shape index (κ3) is 5.34. The van der Waals surface area contributed by atoms with Gasteiger partial charge in [0, 0.05) is 5.69 Å². The van der Waals surface area contributed by atoms with Crippen molar-refractivity contribution in [1.82, 2.24) is 0 Å². The van der Waals surface area contributed by atoms with E-state index >= 15 is 0 Å². The number of guanidine groups is 1. The summed E-state index contributed by atoms with van der Waals surface area (Å²) in [6.45, 7) is 0. The summed E-state index contributed by atoms with van der Waals surface area (Å²) >= 11 is 0. The topological polar surface area (TPSA) is 102 Å². The SMILES string of the molecule is Cl.Cl.NC(N)=NNc1ccc(N)cc1. The third-order valence-corrected chi connectivity index (χ3v) is 1.22. The minimum absolute atomic E-state index is 0. The van der Waals surface area contributed by atoms with Crippen LogP contribution in [0.2, 0.25) is 0 Å². The number of rotatable bonds is 2. The minimum Gasteiger partial charge on any atom is -0.399 e. The van der Waals surface area contributed by atoms with Crippen molar-refractivity contribution in [1.29, 1.82) is 0 Å². The number of hydrogen-bond acceptors (Lipinski definition) is 3. The van der Waals surface area contributed by atoms with E-state index < -0.39 is 0 Å². The van der Waals surface area contributed by atoms with Crippen LogP contribution in [0.4, 0.5) is 11.4 Å². The highest BCUT2D eigenvalue weighted by Crippen LogP contribution is 2.09. The number of halogens is 2. The van der Waals surface area contributed by atoms with Gasteiger partial charge in [-0.05, 0) is 24.3 Å². The molecule has 0 amide bonds. The minimum atomic E-state index is -0.00757. The zero-order valence-corrected chi connectivity index (χ0v) is 8.94. The van der Waals surface area contributed by atoms with Gasteiger partial charge in [0.05, 0.1) is 5.69 Å². The van der Waals surface area contributed by atoms with Crippen molar-refractivity contribution in [2.75, 3.05) is 11.2 Å². The number of hydrogen-bond donors (Lipinski definition) is 4. The van der Waals surface area contributed by atoms with Gasteiger partial charge in [0.1, 0.15) is 0 Å². The molecule has 0 aliphatic heterocycles. The highest BCUT2D eigenvalue weighted by Gasteiger charge is 1.88. The van der Waals surface area contributed by atoms with Crippen molar-refractivity contribution in [3.8, 4) is 0 Å². The first kappa shape index (κ1) is 15.2. The van der Waals surface area contributed by atoms with Gasteiger partial charge in [-0.2, -0.15) is 0 Å². The number of nitrogens with zero attached hydrogens (tertiary/aromatic N) is 1. The van der Waals surface area contributed by atoms with Crippen molar-refractivity contribution in [3.63, 3.8) is 0 Å². The van der Waals surface area contributed by atoms with Crippen LogP contribution in [-0.2, 0) is 0 Å². The molecule has 0 saturated heterocycles. The molecule has 7 heteroatoms. The second-order valence-corrected chi connectivity index (χ2v) is 2.27. The lowest BCUT2D eigenvalue weighted by atomic mass is 10.3. The molecular weight excluding hydrogens is 225 g/mol. The van der Waals surface area contributed by atoms with Gasteiger partial charge in [-0.15, -0.1) is 29.9 Å². The Morgan fingerprint density at radius 1 is 1.07 bits per heavy atom. The van der Waals surface area contributed by atoms with E-state index in [4.69, 9.17) is 17.2 Å². The van der Waals surface area contributed by atoms with Crippen molar-refractivity contribution in [2.45, 2.75) is 0 Å². The molecule has 5 nitrogen and oxygen atoms in total. The monoisotopic (exact) mass is 237 g/mol. The van der Waals surface area contributed by atoms with Crippen LogP contribution in [0.15, 0.2) is 29.4 Å². The molecule has 0 atom stereocenters. The highest BCUT2D eigenvalue weighted by atomic mass is 35.5. The molecule has 1 aromatic carbocycles. The van der Waals surface area contributed by atoms with Crippen LogP contribution in [0.5, 0.6) is 0 Å². The van der Waals surface area contributed by atoms with E-state index in [1.54, 1.807) is 24.3 Å². The lowest BCUT2D eigenvalue weighted by Crippen LogP contribution is -2.23. The van der Waals surface area contributed by atoms with Crippen molar-refractivity contribution < 1.29 is 0 Å². The summed E-state index contributed by atoms with van der Waals surface area (Å²) in [4.78, 5) is 0. The van der Waals surface area contributed by atoms with Gasteiger partial charge in [0.15, 0.2) is 0 Å². The summed E-state index contributed by atoms with van der Waals surface area (Å²) in [6, 6.07) is 7.07. The summed E-state index contributed by atoms with van der Waals surface area (Å²) < 4.78 is 0. The quantitative estimate of drug-likeness (QED) is 0.264. The Morgan fingerprint density at radius 2 is 1.57 bits per heavy atom. The van der Waals surface area contributed by atoms with E-state index in [1.165, 1.54) is 0 Å². The van der Waals surface area contributed by atoms with Crippen molar-refractivity contribution in [2.24, 2.45) is 16.6 Å². The van der Waals surface area contributed by atoms with E-state index in [0.717, 1.165) is 5.69 Å². The van der Waals surface area contributed by atoms with E-state index in [2.05, 4.69) is 10.5 Å². The molecule has 1 aromatic rings. The molecule has 14 heavy (non-hydrogen) atoms. The number of nitrogen functional groups attached to an aromatic ring is 1. The summed E-state index contributed by atoms with van der Waals surface area (Å²) in [5.74, 6) is -0.00757. The molecule has 0 aromatic heterocycles. The molecule has 1 rings (SSSR count). The predicted octanol–water partition coefficient (Wildman–Crippen LogP) is 0.713.